The molecule has 1 aliphatic heterocycles. The van der Waals surface area contributed by atoms with E-state index in [4.69, 9.17) is 47.9 Å². The van der Waals surface area contributed by atoms with Crippen LogP contribution in [0.3, 0.4) is 0 Å². The molecular formula is C43H49Cl2N3O6. The van der Waals surface area contributed by atoms with Gasteiger partial charge in [-0.3, -0.25) is 14.7 Å². The molecule has 0 radical (unpaired) electrons. The predicted octanol–water partition coefficient (Wildman–Crippen LogP) is 8.53. The van der Waals surface area contributed by atoms with E-state index in [-0.39, 0.29) is 18.5 Å². The molecule has 2 N–H and O–H groups in total. The van der Waals surface area contributed by atoms with Gasteiger partial charge in [-0.15, -0.1) is 0 Å². The van der Waals surface area contributed by atoms with Gasteiger partial charge in [0.1, 0.15) is 12.2 Å². The van der Waals surface area contributed by atoms with Crippen LogP contribution in [0.4, 0.5) is 0 Å². The number of nitrogens with two attached hydrogens (primary N) is 1. The first-order valence-corrected chi connectivity index (χ1v) is 19.5. The molecule has 6 rings (SSSR count). The Balaban J connectivity index is 1.16. The molecule has 4 aromatic rings. The van der Waals surface area contributed by atoms with Crippen molar-refractivity contribution in [3.63, 3.8) is 0 Å². The van der Waals surface area contributed by atoms with Crippen molar-refractivity contribution in [2.75, 3.05) is 33.9 Å². The quantitative estimate of drug-likeness (QED) is 0.126. The Hall–Kier alpha value is -4.15. The number of halogens is 2. The summed E-state index contributed by atoms with van der Waals surface area (Å²) in [6.45, 7) is 2.32. The maximum atomic E-state index is 14.1. The SMILES string of the molecule is COc1ccc([C@H](Cc2c(Cl)cncc2Cl)OC(=O)c2cccc(CN3CCC(C(=O)O[C@@H](CN)C4CCCCC4)(c4ccccc4)CC3)c2)cc1OC. The number of ether oxygens (including phenoxy) is 4. The number of carbonyl (C=O) groups excluding carboxylic acids is 2. The Kier molecular flexibility index (Phi) is 13.5. The molecule has 2 aliphatic rings. The molecule has 54 heavy (non-hydrogen) atoms. The molecule has 1 aliphatic carbocycles. The van der Waals surface area contributed by atoms with Crippen LogP contribution in [0.15, 0.2) is 85.2 Å². The first-order valence-electron chi connectivity index (χ1n) is 18.7. The summed E-state index contributed by atoms with van der Waals surface area (Å²) in [7, 11) is 3.11. The van der Waals surface area contributed by atoms with Gasteiger partial charge in [-0.05, 0) is 91.2 Å². The van der Waals surface area contributed by atoms with E-state index in [0.29, 0.717) is 83.2 Å². The number of pyridine rings is 1. The summed E-state index contributed by atoms with van der Waals surface area (Å²) >= 11 is 13.0. The van der Waals surface area contributed by atoms with Crippen LogP contribution in [0.1, 0.15) is 83.7 Å². The van der Waals surface area contributed by atoms with E-state index < -0.39 is 17.5 Å². The van der Waals surface area contributed by atoms with Crippen molar-refractivity contribution >= 4 is 35.1 Å². The number of benzene rings is 3. The topological polar surface area (TPSA) is 113 Å². The molecule has 0 unspecified atom stereocenters. The maximum absolute atomic E-state index is 14.1. The smallest absolute Gasteiger partial charge is 0.338 e. The number of likely N-dealkylation sites (tertiary alicyclic amines) is 1. The normalized spacial score (nSPS) is 17.3. The number of hydrogen-bond donors (Lipinski definition) is 1. The first kappa shape index (κ1) is 39.5. The summed E-state index contributed by atoms with van der Waals surface area (Å²) in [6, 6.07) is 22.9. The molecule has 1 aromatic heterocycles. The lowest BCUT2D eigenvalue weighted by Crippen LogP contribution is -2.50. The van der Waals surface area contributed by atoms with E-state index in [0.717, 1.165) is 36.8 Å². The lowest BCUT2D eigenvalue weighted by Gasteiger charge is -2.41. The van der Waals surface area contributed by atoms with Crippen molar-refractivity contribution in [1.82, 2.24) is 9.88 Å². The highest BCUT2D eigenvalue weighted by Crippen LogP contribution is 2.40. The second-order valence-corrected chi connectivity index (χ2v) is 15.1. The number of rotatable bonds is 14. The first-order chi connectivity index (χ1) is 26.2. The Labute approximate surface area is 328 Å². The Morgan fingerprint density at radius 2 is 1.57 bits per heavy atom. The Bertz CT molecular complexity index is 1860. The minimum atomic E-state index is -0.747. The van der Waals surface area contributed by atoms with Gasteiger partial charge in [-0.2, -0.15) is 0 Å². The average molecular weight is 775 g/mol. The molecule has 2 heterocycles. The average Bonchev–Trinajstić information content (AvgIpc) is 3.21. The van der Waals surface area contributed by atoms with Gasteiger partial charge in [0, 0.05) is 31.9 Å². The molecule has 2 atom stereocenters. The van der Waals surface area contributed by atoms with Crippen molar-refractivity contribution in [3.05, 3.63) is 123 Å². The zero-order valence-electron chi connectivity index (χ0n) is 31.0. The van der Waals surface area contributed by atoms with Gasteiger partial charge in [-0.25, -0.2) is 4.79 Å². The summed E-state index contributed by atoms with van der Waals surface area (Å²) < 4.78 is 23.5. The third-order valence-corrected chi connectivity index (χ3v) is 11.7. The van der Waals surface area contributed by atoms with E-state index >= 15 is 0 Å². The number of nitrogens with zero attached hydrogens (tertiary/aromatic N) is 2. The number of aromatic nitrogens is 1. The summed E-state index contributed by atoms with van der Waals surface area (Å²) in [5.74, 6) is 0.709. The van der Waals surface area contributed by atoms with Crippen LogP contribution < -0.4 is 15.2 Å². The van der Waals surface area contributed by atoms with E-state index in [9.17, 15) is 9.59 Å². The molecule has 286 valence electrons. The summed E-state index contributed by atoms with van der Waals surface area (Å²) in [6.07, 6.45) is 9.12. The zero-order chi connectivity index (χ0) is 38.1. The molecule has 1 saturated carbocycles. The lowest BCUT2D eigenvalue weighted by molar-refractivity contribution is -0.161. The van der Waals surface area contributed by atoms with Crippen LogP contribution >= 0.6 is 23.2 Å². The van der Waals surface area contributed by atoms with Crippen molar-refractivity contribution in [3.8, 4) is 11.5 Å². The van der Waals surface area contributed by atoms with Crippen molar-refractivity contribution < 1.29 is 28.5 Å². The molecule has 11 heteroatoms. The fourth-order valence-corrected chi connectivity index (χ4v) is 8.42. The molecule has 0 amide bonds. The van der Waals surface area contributed by atoms with Gasteiger partial charge >= 0.3 is 11.9 Å². The second kappa shape index (κ2) is 18.5. The molecular weight excluding hydrogens is 725 g/mol. The highest BCUT2D eigenvalue weighted by Gasteiger charge is 2.45. The van der Waals surface area contributed by atoms with E-state index in [1.165, 1.54) is 18.8 Å². The monoisotopic (exact) mass is 773 g/mol. The van der Waals surface area contributed by atoms with Gasteiger partial charge in [0.2, 0.25) is 0 Å². The third-order valence-electron chi connectivity index (χ3n) is 11.0. The van der Waals surface area contributed by atoms with Crippen LogP contribution in [0.25, 0.3) is 0 Å². The third kappa shape index (κ3) is 9.20. The van der Waals surface area contributed by atoms with Crippen molar-refractivity contribution in [2.45, 2.75) is 75.5 Å². The van der Waals surface area contributed by atoms with Crippen LogP contribution in [-0.2, 0) is 32.6 Å². The molecule has 0 bridgehead atoms. The van der Waals surface area contributed by atoms with Gasteiger partial charge in [0.05, 0.1) is 35.2 Å². The summed E-state index contributed by atoms with van der Waals surface area (Å²) in [4.78, 5) is 34.4. The second-order valence-electron chi connectivity index (χ2n) is 14.3. The minimum absolute atomic E-state index is 0.169. The molecule has 9 nitrogen and oxygen atoms in total. The van der Waals surface area contributed by atoms with E-state index in [1.54, 1.807) is 32.4 Å². The lowest BCUT2D eigenvalue weighted by atomic mass is 9.72. The number of esters is 2. The molecule has 2 fully saturated rings. The number of hydrogen-bond acceptors (Lipinski definition) is 9. The van der Waals surface area contributed by atoms with E-state index in [1.807, 2.05) is 54.6 Å². The highest BCUT2D eigenvalue weighted by molar-refractivity contribution is 6.35. The van der Waals surface area contributed by atoms with Crippen LogP contribution in [-0.4, -0.2) is 61.8 Å². The van der Waals surface area contributed by atoms with Gasteiger partial charge in [0.25, 0.3) is 0 Å². The maximum Gasteiger partial charge on any atom is 0.338 e. The Morgan fingerprint density at radius 1 is 0.870 bits per heavy atom. The Morgan fingerprint density at radius 3 is 2.24 bits per heavy atom. The van der Waals surface area contributed by atoms with Crippen LogP contribution in [0, 0.1) is 5.92 Å². The van der Waals surface area contributed by atoms with Gasteiger partial charge in [-0.1, -0.05) is 91.0 Å². The van der Waals surface area contributed by atoms with Crippen molar-refractivity contribution in [1.29, 1.82) is 0 Å². The number of piperidine rings is 1. The minimum Gasteiger partial charge on any atom is -0.493 e. The van der Waals surface area contributed by atoms with Crippen molar-refractivity contribution in [2.24, 2.45) is 11.7 Å². The molecule has 0 spiro atoms. The van der Waals surface area contributed by atoms with Gasteiger partial charge in [0.15, 0.2) is 11.5 Å². The predicted molar refractivity (Wildman–Crippen MR) is 210 cm³/mol. The number of carbonyl (C=O) groups is 2. The number of methoxy groups -OCH3 is 2. The largest absolute Gasteiger partial charge is 0.493 e. The standard InChI is InChI=1S/C43H49Cl2N3O6/c1-51-37-17-16-31(23-39(37)52-2)38(24-34-35(44)26-47-27-36(34)45)53-41(49)32-13-9-10-29(22-32)28-48-20-18-43(19-21-48,33-14-7-4-8-15-33)42(50)54-40(25-46)30-11-5-3-6-12-30/h4,7-10,13-17,22-23,26-27,30,38,40H,3,5-6,11-12,18-21,24-25,28,46H2,1-2H3/t38-,40-/m0/s1. The van der Waals surface area contributed by atoms with E-state index in [2.05, 4.69) is 9.88 Å². The van der Waals surface area contributed by atoms with Crippen LogP contribution in [0.2, 0.25) is 10.0 Å². The fraction of sp³-hybridized carbons (Fsp3) is 0.419. The summed E-state index contributed by atoms with van der Waals surface area (Å²) in [5.41, 5.74) is 9.10. The highest BCUT2D eigenvalue weighted by atomic mass is 35.5. The fourth-order valence-electron chi connectivity index (χ4n) is 7.90. The summed E-state index contributed by atoms with van der Waals surface area (Å²) in [5, 5.41) is 0.751. The zero-order valence-corrected chi connectivity index (χ0v) is 32.5. The molecule has 1 saturated heterocycles. The molecule has 3 aromatic carbocycles. The van der Waals surface area contributed by atoms with Crippen LogP contribution in [0.5, 0.6) is 11.5 Å². The van der Waals surface area contributed by atoms with Gasteiger partial charge < -0.3 is 24.7 Å².